The molecule has 1 fully saturated rings. The second kappa shape index (κ2) is 3.65. The van der Waals surface area contributed by atoms with Crippen LogP contribution in [0, 0.1) is 0 Å². The third kappa shape index (κ3) is 1.46. The smallest absolute Gasteiger partial charge is 0.128 e. The highest BCUT2D eigenvalue weighted by molar-refractivity contribution is 6.35. The van der Waals surface area contributed by atoms with Crippen molar-refractivity contribution in [3.63, 3.8) is 0 Å². The van der Waals surface area contributed by atoms with E-state index in [2.05, 4.69) is 4.98 Å². The minimum atomic E-state index is 0.135. The lowest BCUT2D eigenvalue weighted by molar-refractivity contribution is 0.419. The molecule has 0 radical (unpaired) electrons. The number of nitrogens with two attached hydrogens (primary N) is 1. The van der Waals surface area contributed by atoms with Gasteiger partial charge in [-0.3, -0.25) is 0 Å². The maximum Gasteiger partial charge on any atom is 0.128 e. The van der Waals surface area contributed by atoms with Crippen LogP contribution in [0.15, 0.2) is 18.3 Å². The molecule has 1 aromatic heterocycles. The van der Waals surface area contributed by atoms with Gasteiger partial charge in [-0.15, -0.1) is 0 Å². The van der Waals surface area contributed by atoms with Gasteiger partial charge in [0.15, 0.2) is 0 Å². The van der Waals surface area contributed by atoms with Crippen LogP contribution in [0.25, 0.3) is 10.9 Å². The maximum absolute atomic E-state index is 6.19. The summed E-state index contributed by atoms with van der Waals surface area (Å²) in [4.78, 5) is 3.24. The number of hydrogen-bond acceptors (Lipinski definition) is 2. The lowest BCUT2D eigenvalue weighted by Gasteiger charge is -2.13. The molecule has 90 valence electrons. The second-order valence-corrected chi connectivity index (χ2v) is 5.09. The zero-order valence-corrected chi connectivity index (χ0v) is 10.5. The molecule has 1 aliphatic carbocycles. The Labute approximate surface area is 105 Å². The molecule has 1 saturated carbocycles. The number of fused-ring (bicyclic) bond motifs is 1. The number of rotatable bonds is 3. The fraction of sp³-hybridized carbons (Fsp3) is 0.385. The van der Waals surface area contributed by atoms with Crippen LogP contribution in [0.3, 0.4) is 0 Å². The molecule has 2 aromatic rings. The zero-order valence-electron chi connectivity index (χ0n) is 9.72. The molecule has 0 saturated heterocycles. The summed E-state index contributed by atoms with van der Waals surface area (Å²) in [6.45, 7) is 0.676. The van der Waals surface area contributed by atoms with Gasteiger partial charge in [0.25, 0.3) is 0 Å². The van der Waals surface area contributed by atoms with Crippen LogP contribution < -0.4 is 10.5 Å². The molecule has 0 bridgehead atoms. The standard InChI is InChI=1S/C13H15ClN2O/c1-17-10-3-2-9(14)12-11(10)8(6-16-12)13(7-15)4-5-13/h2-3,6,16H,4-5,7,15H2,1H3. The van der Waals surface area contributed by atoms with Crippen molar-refractivity contribution >= 4 is 22.5 Å². The number of halogens is 1. The van der Waals surface area contributed by atoms with E-state index in [0.717, 1.165) is 34.5 Å². The van der Waals surface area contributed by atoms with E-state index in [9.17, 15) is 0 Å². The third-order valence-corrected chi connectivity index (χ3v) is 4.10. The molecule has 17 heavy (non-hydrogen) atoms. The molecule has 0 unspecified atom stereocenters. The molecule has 4 heteroatoms. The van der Waals surface area contributed by atoms with Gasteiger partial charge in [-0.2, -0.15) is 0 Å². The first-order chi connectivity index (χ1) is 8.22. The van der Waals surface area contributed by atoms with Gasteiger partial charge in [-0.25, -0.2) is 0 Å². The molecule has 3 N–H and O–H groups in total. The molecule has 0 spiro atoms. The van der Waals surface area contributed by atoms with E-state index >= 15 is 0 Å². The lowest BCUT2D eigenvalue weighted by Crippen LogP contribution is -2.19. The number of benzene rings is 1. The molecule has 1 aromatic carbocycles. The topological polar surface area (TPSA) is 51.0 Å². The molecule has 3 nitrogen and oxygen atoms in total. The Balaban J connectivity index is 2.30. The summed E-state index contributed by atoms with van der Waals surface area (Å²) >= 11 is 6.19. The lowest BCUT2D eigenvalue weighted by atomic mass is 9.95. The first kappa shape index (κ1) is 10.9. The molecule has 0 atom stereocenters. The largest absolute Gasteiger partial charge is 0.496 e. The van der Waals surface area contributed by atoms with Crippen molar-refractivity contribution in [3.05, 3.63) is 28.9 Å². The van der Waals surface area contributed by atoms with Crippen LogP contribution in [0.4, 0.5) is 0 Å². The number of aromatic nitrogens is 1. The van der Waals surface area contributed by atoms with E-state index in [1.807, 2.05) is 18.3 Å². The minimum absolute atomic E-state index is 0.135. The molecule has 3 rings (SSSR count). The van der Waals surface area contributed by atoms with Gasteiger partial charge in [0, 0.05) is 23.5 Å². The van der Waals surface area contributed by atoms with Crippen molar-refractivity contribution in [2.75, 3.05) is 13.7 Å². The Morgan fingerprint density at radius 1 is 1.47 bits per heavy atom. The van der Waals surface area contributed by atoms with Crippen LogP contribution in [0.2, 0.25) is 5.02 Å². The van der Waals surface area contributed by atoms with E-state index in [-0.39, 0.29) is 5.41 Å². The highest BCUT2D eigenvalue weighted by atomic mass is 35.5. The summed E-state index contributed by atoms with van der Waals surface area (Å²) in [5, 5.41) is 1.81. The maximum atomic E-state index is 6.19. The Kier molecular flexibility index (Phi) is 2.35. The minimum Gasteiger partial charge on any atom is -0.496 e. The highest BCUT2D eigenvalue weighted by Gasteiger charge is 2.45. The quantitative estimate of drug-likeness (QED) is 0.880. The van der Waals surface area contributed by atoms with E-state index in [0.29, 0.717) is 6.54 Å². The van der Waals surface area contributed by atoms with Gasteiger partial charge >= 0.3 is 0 Å². The number of hydrogen-bond donors (Lipinski definition) is 2. The van der Waals surface area contributed by atoms with Crippen LogP contribution in [-0.4, -0.2) is 18.6 Å². The van der Waals surface area contributed by atoms with Crippen LogP contribution in [0.5, 0.6) is 5.75 Å². The monoisotopic (exact) mass is 250 g/mol. The number of methoxy groups -OCH3 is 1. The summed E-state index contributed by atoms with van der Waals surface area (Å²) in [6.07, 6.45) is 4.32. The number of ether oxygens (including phenoxy) is 1. The van der Waals surface area contributed by atoms with E-state index in [1.165, 1.54) is 5.56 Å². The van der Waals surface area contributed by atoms with E-state index in [4.69, 9.17) is 22.1 Å². The zero-order chi connectivity index (χ0) is 12.0. The van der Waals surface area contributed by atoms with Gasteiger partial charge < -0.3 is 15.5 Å². The molecule has 0 aliphatic heterocycles. The predicted molar refractivity (Wildman–Crippen MR) is 69.8 cm³/mol. The summed E-state index contributed by atoms with van der Waals surface area (Å²) < 4.78 is 5.43. The predicted octanol–water partition coefficient (Wildman–Crippen LogP) is 2.82. The van der Waals surface area contributed by atoms with E-state index < -0.39 is 0 Å². The fourth-order valence-electron chi connectivity index (χ4n) is 2.51. The van der Waals surface area contributed by atoms with Crippen molar-refractivity contribution in [1.82, 2.24) is 4.98 Å². The fourth-order valence-corrected chi connectivity index (χ4v) is 2.72. The van der Waals surface area contributed by atoms with Crippen LogP contribution in [-0.2, 0) is 5.41 Å². The first-order valence-corrected chi connectivity index (χ1v) is 6.14. The average molecular weight is 251 g/mol. The summed E-state index contributed by atoms with van der Waals surface area (Å²) in [7, 11) is 1.68. The van der Waals surface area contributed by atoms with Gasteiger partial charge in [0.2, 0.25) is 0 Å². The molecular weight excluding hydrogens is 236 g/mol. The van der Waals surface area contributed by atoms with Crippen molar-refractivity contribution in [1.29, 1.82) is 0 Å². The Morgan fingerprint density at radius 2 is 2.24 bits per heavy atom. The van der Waals surface area contributed by atoms with Gasteiger partial charge in [0.1, 0.15) is 5.75 Å². The average Bonchev–Trinajstić information content (AvgIpc) is 3.02. The van der Waals surface area contributed by atoms with Gasteiger partial charge in [-0.1, -0.05) is 11.6 Å². The Morgan fingerprint density at radius 3 is 2.82 bits per heavy atom. The molecule has 0 amide bonds. The highest BCUT2D eigenvalue weighted by Crippen LogP contribution is 2.51. The van der Waals surface area contributed by atoms with Gasteiger partial charge in [0.05, 0.1) is 17.6 Å². The van der Waals surface area contributed by atoms with Crippen molar-refractivity contribution < 1.29 is 4.74 Å². The summed E-state index contributed by atoms with van der Waals surface area (Å²) in [6, 6.07) is 3.76. The first-order valence-electron chi connectivity index (χ1n) is 5.76. The molecule has 1 aliphatic rings. The number of aromatic amines is 1. The van der Waals surface area contributed by atoms with Crippen LogP contribution in [0.1, 0.15) is 18.4 Å². The third-order valence-electron chi connectivity index (χ3n) is 3.78. The number of H-pyrrole nitrogens is 1. The van der Waals surface area contributed by atoms with Crippen molar-refractivity contribution in [3.8, 4) is 5.75 Å². The van der Waals surface area contributed by atoms with Gasteiger partial charge in [-0.05, 0) is 30.5 Å². The normalized spacial score (nSPS) is 17.4. The Hall–Kier alpha value is -1.19. The van der Waals surface area contributed by atoms with Crippen molar-refractivity contribution in [2.45, 2.75) is 18.3 Å². The molecular formula is C13H15ClN2O. The van der Waals surface area contributed by atoms with Crippen LogP contribution >= 0.6 is 11.6 Å². The van der Waals surface area contributed by atoms with Crippen molar-refractivity contribution in [2.24, 2.45) is 5.73 Å². The van der Waals surface area contributed by atoms with E-state index in [1.54, 1.807) is 7.11 Å². The summed E-state index contributed by atoms with van der Waals surface area (Å²) in [5.74, 6) is 0.861. The molecule has 1 heterocycles. The Bertz CT molecular complexity index is 572. The summed E-state index contributed by atoms with van der Waals surface area (Å²) in [5.41, 5.74) is 8.22. The second-order valence-electron chi connectivity index (χ2n) is 4.69. The number of nitrogens with one attached hydrogen (secondary N) is 1. The SMILES string of the molecule is COc1ccc(Cl)c2[nH]cc(C3(CN)CC3)c12.